The molecule has 0 radical (unpaired) electrons. The number of hydrogen-bond donors (Lipinski definition) is 1. The van der Waals surface area contributed by atoms with Crippen LogP contribution in [0.2, 0.25) is 0 Å². The normalized spacial score (nSPS) is 10.6. The summed E-state index contributed by atoms with van der Waals surface area (Å²) in [6.07, 6.45) is 1.69. The fourth-order valence-electron chi connectivity index (χ4n) is 1.96. The molecule has 0 heterocycles. The summed E-state index contributed by atoms with van der Waals surface area (Å²) in [6, 6.07) is 5.84. The van der Waals surface area contributed by atoms with Gasteiger partial charge < -0.3 is 10.0 Å². The molecule has 0 fully saturated rings. The van der Waals surface area contributed by atoms with Crippen molar-refractivity contribution in [2.45, 2.75) is 6.92 Å². The molecule has 0 aliphatic carbocycles. The van der Waals surface area contributed by atoms with E-state index in [-0.39, 0.29) is 24.9 Å². The molecule has 0 saturated heterocycles. The molecule has 0 unspecified atom stereocenters. The topological polar surface area (TPSA) is 43.8 Å². The third kappa shape index (κ3) is 4.75. The Bertz CT molecular complexity index is 434. The van der Waals surface area contributed by atoms with Crippen LogP contribution in [0.4, 0.5) is 10.1 Å². The van der Waals surface area contributed by atoms with Crippen LogP contribution in [0.3, 0.4) is 0 Å². The lowest BCUT2D eigenvalue weighted by Gasteiger charge is -2.25. The number of carbonyl (C=O) groups is 1. The zero-order valence-electron chi connectivity index (χ0n) is 11.8. The summed E-state index contributed by atoms with van der Waals surface area (Å²) in [5.74, 6) is -0.416. The number of benzene rings is 1. The Morgan fingerprint density at radius 2 is 2.05 bits per heavy atom. The van der Waals surface area contributed by atoms with E-state index >= 15 is 0 Å². The maximum absolute atomic E-state index is 12.9. The van der Waals surface area contributed by atoms with Gasteiger partial charge in [-0.15, -0.1) is 6.58 Å². The van der Waals surface area contributed by atoms with Crippen LogP contribution >= 0.6 is 0 Å². The van der Waals surface area contributed by atoms with E-state index in [9.17, 15) is 9.18 Å². The molecule has 0 atom stereocenters. The van der Waals surface area contributed by atoms with Crippen molar-refractivity contribution in [2.24, 2.45) is 0 Å². The first kappa shape index (κ1) is 16.3. The van der Waals surface area contributed by atoms with Crippen molar-refractivity contribution in [1.29, 1.82) is 0 Å². The lowest BCUT2D eigenvalue weighted by Crippen LogP contribution is -2.41. The monoisotopic (exact) mass is 280 g/mol. The summed E-state index contributed by atoms with van der Waals surface area (Å²) in [4.78, 5) is 15.7. The van der Waals surface area contributed by atoms with Gasteiger partial charge in [0, 0.05) is 25.3 Å². The first-order valence-electron chi connectivity index (χ1n) is 6.62. The molecule has 0 bridgehead atoms. The molecule has 5 heteroatoms. The number of anilines is 1. The van der Waals surface area contributed by atoms with E-state index in [2.05, 4.69) is 6.58 Å². The quantitative estimate of drug-likeness (QED) is 0.737. The minimum absolute atomic E-state index is 0.0101. The van der Waals surface area contributed by atoms with Crippen molar-refractivity contribution in [2.75, 3.05) is 37.7 Å². The molecule has 0 aliphatic rings. The van der Waals surface area contributed by atoms with E-state index < -0.39 is 0 Å². The van der Waals surface area contributed by atoms with Crippen LogP contribution in [0, 0.1) is 5.82 Å². The molecule has 1 N–H and O–H groups in total. The van der Waals surface area contributed by atoms with E-state index in [0.717, 1.165) is 0 Å². The number of amides is 1. The van der Waals surface area contributed by atoms with Crippen molar-refractivity contribution < 1.29 is 14.3 Å². The van der Waals surface area contributed by atoms with E-state index in [1.54, 1.807) is 23.1 Å². The van der Waals surface area contributed by atoms with Crippen LogP contribution in [-0.2, 0) is 4.79 Å². The van der Waals surface area contributed by atoms with E-state index in [4.69, 9.17) is 5.11 Å². The van der Waals surface area contributed by atoms with Gasteiger partial charge in [0.25, 0.3) is 0 Å². The van der Waals surface area contributed by atoms with E-state index in [0.29, 0.717) is 25.3 Å². The molecule has 0 saturated carbocycles. The van der Waals surface area contributed by atoms with Gasteiger partial charge in [-0.2, -0.15) is 0 Å². The second-order valence-electron chi connectivity index (χ2n) is 4.36. The highest BCUT2D eigenvalue weighted by molar-refractivity contribution is 5.94. The number of aliphatic hydroxyl groups excluding tert-OH is 1. The summed E-state index contributed by atoms with van der Waals surface area (Å²) in [6.45, 7) is 7.14. The largest absolute Gasteiger partial charge is 0.395 e. The molecule has 0 aromatic heterocycles. The number of halogens is 1. The predicted molar refractivity (Wildman–Crippen MR) is 78.1 cm³/mol. The van der Waals surface area contributed by atoms with Crippen LogP contribution in [0.15, 0.2) is 36.9 Å². The van der Waals surface area contributed by atoms with Gasteiger partial charge in [-0.1, -0.05) is 6.08 Å². The number of aliphatic hydroxyl groups is 1. The van der Waals surface area contributed by atoms with Crippen LogP contribution in [0.25, 0.3) is 0 Å². The first-order chi connectivity index (χ1) is 9.62. The molecule has 4 nitrogen and oxygen atoms in total. The van der Waals surface area contributed by atoms with Crippen LogP contribution in [0.5, 0.6) is 0 Å². The summed E-state index contributed by atoms with van der Waals surface area (Å²) >= 11 is 0. The van der Waals surface area contributed by atoms with E-state index in [1.807, 2.05) is 11.8 Å². The lowest BCUT2D eigenvalue weighted by atomic mass is 10.2. The Morgan fingerprint density at radius 3 is 2.55 bits per heavy atom. The highest BCUT2D eigenvalue weighted by Crippen LogP contribution is 2.15. The molecule has 0 aliphatic heterocycles. The maximum Gasteiger partial charge on any atom is 0.241 e. The van der Waals surface area contributed by atoms with Crippen molar-refractivity contribution in [3.8, 4) is 0 Å². The average Bonchev–Trinajstić information content (AvgIpc) is 2.42. The zero-order valence-corrected chi connectivity index (χ0v) is 11.8. The molecular formula is C15H21FN2O2. The third-order valence-electron chi connectivity index (χ3n) is 2.92. The molecule has 1 aromatic rings. The Hall–Kier alpha value is -1.72. The van der Waals surface area contributed by atoms with E-state index in [1.165, 1.54) is 12.1 Å². The van der Waals surface area contributed by atoms with Gasteiger partial charge in [0.2, 0.25) is 5.91 Å². The number of likely N-dealkylation sites (N-methyl/N-ethyl adjacent to an activating group) is 1. The molecule has 1 rings (SSSR count). The Kier molecular flexibility index (Phi) is 6.90. The number of rotatable bonds is 8. The van der Waals surface area contributed by atoms with Gasteiger partial charge in [-0.25, -0.2) is 4.39 Å². The molecular weight excluding hydrogens is 259 g/mol. The zero-order chi connectivity index (χ0) is 15.0. The second-order valence-corrected chi connectivity index (χ2v) is 4.36. The minimum atomic E-state index is -0.328. The van der Waals surface area contributed by atoms with Crippen LogP contribution in [-0.4, -0.2) is 48.7 Å². The first-order valence-corrected chi connectivity index (χ1v) is 6.62. The van der Waals surface area contributed by atoms with Crippen LogP contribution < -0.4 is 4.90 Å². The third-order valence-corrected chi connectivity index (χ3v) is 2.92. The molecule has 1 aromatic carbocycles. The van der Waals surface area contributed by atoms with Gasteiger partial charge in [0.15, 0.2) is 0 Å². The highest BCUT2D eigenvalue weighted by atomic mass is 19.1. The van der Waals surface area contributed by atoms with Crippen molar-refractivity contribution in [3.05, 3.63) is 42.7 Å². The molecule has 110 valence electrons. The van der Waals surface area contributed by atoms with Crippen molar-refractivity contribution in [1.82, 2.24) is 4.90 Å². The Morgan fingerprint density at radius 1 is 1.40 bits per heavy atom. The van der Waals surface area contributed by atoms with Gasteiger partial charge in [0.05, 0.1) is 13.2 Å². The van der Waals surface area contributed by atoms with Crippen molar-refractivity contribution in [3.63, 3.8) is 0 Å². The fourth-order valence-corrected chi connectivity index (χ4v) is 1.96. The summed E-state index contributed by atoms with van der Waals surface area (Å²) in [7, 11) is 0. The number of nitrogens with zero attached hydrogens (tertiary/aromatic N) is 2. The van der Waals surface area contributed by atoms with Crippen molar-refractivity contribution >= 4 is 11.6 Å². The van der Waals surface area contributed by atoms with Gasteiger partial charge in [0.1, 0.15) is 5.82 Å². The molecule has 0 spiro atoms. The number of carbonyl (C=O) groups excluding carboxylic acids is 1. The second kappa shape index (κ2) is 8.45. The maximum atomic E-state index is 12.9. The lowest BCUT2D eigenvalue weighted by molar-refractivity contribution is -0.119. The Labute approximate surface area is 119 Å². The summed E-state index contributed by atoms with van der Waals surface area (Å²) in [5, 5.41) is 8.98. The summed E-state index contributed by atoms with van der Waals surface area (Å²) in [5.41, 5.74) is 0.668. The molecule has 1 amide bonds. The predicted octanol–water partition coefficient (Wildman–Crippen LogP) is 1.66. The number of hydrogen-bond acceptors (Lipinski definition) is 3. The van der Waals surface area contributed by atoms with Crippen LogP contribution in [0.1, 0.15) is 6.92 Å². The Balaban J connectivity index is 2.75. The highest BCUT2D eigenvalue weighted by Gasteiger charge is 2.16. The fraction of sp³-hybridized carbons (Fsp3) is 0.400. The van der Waals surface area contributed by atoms with Gasteiger partial charge >= 0.3 is 0 Å². The minimum Gasteiger partial charge on any atom is -0.395 e. The SMILES string of the molecule is C=CCN(CCO)CC(=O)N(CC)c1ccc(F)cc1. The molecule has 20 heavy (non-hydrogen) atoms. The van der Waals surface area contributed by atoms with Gasteiger partial charge in [-0.05, 0) is 31.2 Å². The summed E-state index contributed by atoms with van der Waals surface area (Å²) < 4.78 is 12.9. The standard InChI is InChI=1S/C15H21FN2O2/c1-3-9-17(10-11-19)12-15(20)18(4-2)14-7-5-13(16)6-8-14/h3,5-8,19H,1,4,9-12H2,2H3. The smallest absolute Gasteiger partial charge is 0.241 e. The van der Waals surface area contributed by atoms with Gasteiger partial charge in [-0.3, -0.25) is 9.69 Å². The average molecular weight is 280 g/mol.